The minimum atomic E-state index is -0.518. The van der Waals surface area contributed by atoms with Crippen LogP contribution in [0.2, 0.25) is 5.02 Å². The zero-order valence-corrected chi connectivity index (χ0v) is 11.0. The minimum Gasteiger partial charge on any atom is -0.309 e. The van der Waals surface area contributed by atoms with Gasteiger partial charge in [0.1, 0.15) is 0 Å². The van der Waals surface area contributed by atoms with E-state index in [1.165, 1.54) is 18.3 Å². The molecule has 20 heavy (non-hydrogen) atoms. The molecule has 1 aromatic heterocycles. The fourth-order valence-corrected chi connectivity index (χ4v) is 1.83. The second kappa shape index (κ2) is 6.12. The summed E-state index contributed by atoms with van der Waals surface area (Å²) >= 11 is 5.87. The molecule has 0 fully saturated rings. The normalized spacial score (nSPS) is 10.1. The van der Waals surface area contributed by atoms with Gasteiger partial charge in [-0.3, -0.25) is 14.9 Å². The van der Waals surface area contributed by atoms with E-state index in [1.807, 2.05) is 0 Å². The van der Waals surface area contributed by atoms with E-state index in [2.05, 4.69) is 10.3 Å². The molecule has 0 aliphatic heterocycles. The van der Waals surface area contributed by atoms with E-state index in [0.717, 1.165) is 0 Å². The highest BCUT2D eigenvalue weighted by molar-refractivity contribution is 6.33. The quantitative estimate of drug-likeness (QED) is 0.693. The number of benzene rings is 1. The lowest BCUT2D eigenvalue weighted by atomic mass is 10.1. The summed E-state index contributed by atoms with van der Waals surface area (Å²) in [5.74, 6) is -0.183. The van der Waals surface area contributed by atoms with Gasteiger partial charge in [-0.2, -0.15) is 0 Å². The minimum absolute atomic E-state index is 0.0882. The van der Waals surface area contributed by atoms with Gasteiger partial charge in [0.05, 0.1) is 16.4 Å². The molecule has 6 nitrogen and oxygen atoms in total. The number of para-hydroxylation sites is 1. The second-order valence-corrected chi connectivity index (χ2v) is 4.35. The molecule has 0 bridgehead atoms. The van der Waals surface area contributed by atoms with Crippen molar-refractivity contribution in [3.05, 3.63) is 63.3 Å². The van der Waals surface area contributed by atoms with Gasteiger partial charge in [-0.05, 0) is 12.1 Å². The number of amides is 1. The van der Waals surface area contributed by atoms with E-state index in [0.29, 0.717) is 10.6 Å². The Kier molecular flexibility index (Phi) is 4.27. The zero-order chi connectivity index (χ0) is 14.5. The summed E-state index contributed by atoms with van der Waals surface area (Å²) in [5, 5.41) is 13.7. The largest absolute Gasteiger partial charge is 0.309 e. The SMILES string of the molecule is O=C(Cc1ccccc1[N+](=O)[O-])Nc1ncccc1Cl. The van der Waals surface area contributed by atoms with Gasteiger partial charge < -0.3 is 5.32 Å². The molecule has 0 unspecified atom stereocenters. The van der Waals surface area contributed by atoms with Crippen LogP contribution < -0.4 is 5.32 Å². The lowest BCUT2D eigenvalue weighted by molar-refractivity contribution is -0.385. The predicted molar refractivity (Wildman–Crippen MR) is 74.7 cm³/mol. The fourth-order valence-electron chi connectivity index (χ4n) is 1.67. The second-order valence-electron chi connectivity index (χ2n) is 3.94. The van der Waals surface area contributed by atoms with Crippen LogP contribution in [0, 0.1) is 10.1 Å². The molecule has 0 atom stereocenters. The van der Waals surface area contributed by atoms with E-state index in [-0.39, 0.29) is 17.9 Å². The van der Waals surface area contributed by atoms with Crippen LogP contribution in [-0.4, -0.2) is 15.8 Å². The number of carbonyl (C=O) groups excluding carboxylic acids is 1. The van der Waals surface area contributed by atoms with Crippen LogP contribution in [0.25, 0.3) is 0 Å². The van der Waals surface area contributed by atoms with Crippen LogP contribution in [-0.2, 0) is 11.2 Å². The number of hydrogen-bond acceptors (Lipinski definition) is 4. The van der Waals surface area contributed by atoms with Crippen molar-refractivity contribution in [1.29, 1.82) is 0 Å². The number of nitrogens with zero attached hydrogens (tertiary/aromatic N) is 2. The van der Waals surface area contributed by atoms with Crippen molar-refractivity contribution in [3.8, 4) is 0 Å². The Morgan fingerprint density at radius 2 is 2.05 bits per heavy atom. The molecule has 0 saturated heterocycles. The Bertz CT molecular complexity index is 661. The highest BCUT2D eigenvalue weighted by atomic mass is 35.5. The molecule has 0 spiro atoms. The van der Waals surface area contributed by atoms with E-state index in [4.69, 9.17) is 11.6 Å². The number of nitrogens with one attached hydrogen (secondary N) is 1. The molecular weight excluding hydrogens is 282 g/mol. The zero-order valence-electron chi connectivity index (χ0n) is 10.2. The molecular formula is C13H10ClN3O3. The summed E-state index contributed by atoms with van der Waals surface area (Å²) in [6, 6.07) is 9.32. The number of nitro benzene ring substituents is 1. The molecule has 1 amide bonds. The highest BCUT2D eigenvalue weighted by Gasteiger charge is 2.16. The number of aromatic nitrogens is 1. The molecule has 1 aromatic carbocycles. The third kappa shape index (κ3) is 3.30. The molecule has 0 radical (unpaired) electrons. The van der Waals surface area contributed by atoms with Gasteiger partial charge in [0.25, 0.3) is 5.69 Å². The van der Waals surface area contributed by atoms with Crippen LogP contribution in [0.1, 0.15) is 5.56 Å². The van der Waals surface area contributed by atoms with E-state index in [9.17, 15) is 14.9 Å². The van der Waals surface area contributed by atoms with Crippen LogP contribution in [0.5, 0.6) is 0 Å². The third-order valence-corrected chi connectivity index (χ3v) is 2.86. The Hall–Kier alpha value is -2.47. The number of anilines is 1. The van der Waals surface area contributed by atoms with E-state index in [1.54, 1.807) is 24.3 Å². The molecule has 7 heteroatoms. The molecule has 1 heterocycles. The Morgan fingerprint density at radius 3 is 2.75 bits per heavy atom. The predicted octanol–water partition coefficient (Wildman–Crippen LogP) is 2.82. The summed E-state index contributed by atoms with van der Waals surface area (Å²) in [6.45, 7) is 0. The maximum absolute atomic E-state index is 11.9. The lowest BCUT2D eigenvalue weighted by Gasteiger charge is -2.06. The van der Waals surface area contributed by atoms with Crippen molar-refractivity contribution in [2.45, 2.75) is 6.42 Å². The average Bonchev–Trinajstić information content (AvgIpc) is 2.41. The summed E-state index contributed by atoms with van der Waals surface area (Å²) in [4.78, 5) is 26.1. The lowest BCUT2D eigenvalue weighted by Crippen LogP contribution is -2.16. The standard InChI is InChI=1S/C13H10ClN3O3/c14-10-5-3-7-15-13(10)16-12(18)8-9-4-1-2-6-11(9)17(19)20/h1-7H,8H2,(H,15,16,18). The Labute approximate surface area is 119 Å². The molecule has 0 saturated carbocycles. The number of halogens is 1. The van der Waals surface area contributed by atoms with Gasteiger partial charge in [-0.15, -0.1) is 0 Å². The monoisotopic (exact) mass is 291 g/mol. The number of rotatable bonds is 4. The first kappa shape index (κ1) is 14.0. The fraction of sp³-hybridized carbons (Fsp3) is 0.0769. The number of carbonyl (C=O) groups is 1. The van der Waals surface area contributed by atoms with Crippen molar-refractivity contribution < 1.29 is 9.72 Å². The topological polar surface area (TPSA) is 85.1 Å². The van der Waals surface area contributed by atoms with Crippen LogP contribution >= 0.6 is 11.6 Å². The van der Waals surface area contributed by atoms with Crippen molar-refractivity contribution in [2.75, 3.05) is 5.32 Å². The maximum atomic E-state index is 11.9. The van der Waals surface area contributed by atoms with Crippen molar-refractivity contribution in [1.82, 2.24) is 4.98 Å². The molecule has 1 N–H and O–H groups in total. The van der Waals surface area contributed by atoms with Gasteiger partial charge >= 0.3 is 0 Å². The first-order valence-corrected chi connectivity index (χ1v) is 6.08. The van der Waals surface area contributed by atoms with Crippen molar-refractivity contribution in [2.24, 2.45) is 0 Å². The maximum Gasteiger partial charge on any atom is 0.273 e. The summed E-state index contributed by atoms with van der Waals surface area (Å²) in [6.07, 6.45) is 1.37. The highest BCUT2D eigenvalue weighted by Crippen LogP contribution is 2.20. The summed E-state index contributed by atoms with van der Waals surface area (Å²) in [5.41, 5.74) is 0.247. The van der Waals surface area contributed by atoms with Crippen LogP contribution in [0.3, 0.4) is 0 Å². The first-order valence-electron chi connectivity index (χ1n) is 5.70. The molecule has 2 rings (SSSR count). The van der Waals surface area contributed by atoms with Gasteiger partial charge in [0, 0.05) is 17.8 Å². The van der Waals surface area contributed by atoms with Gasteiger partial charge in [0.15, 0.2) is 5.82 Å². The smallest absolute Gasteiger partial charge is 0.273 e. The van der Waals surface area contributed by atoms with Crippen molar-refractivity contribution in [3.63, 3.8) is 0 Å². The molecule has 2 aromatic rings. The third-order valence-electron chi connectivity index (χ3n) is 2.56. The van der Waals surface area contributed by atoms with E-state index < -0.39 is 10.8 Å². The van der Waals surface area contributed by atoms with Gasteiger partial charge in [-0.1, -0.05) is 29.8 Å². The van der Waals surface area contributed by atoms with E-state index >= 15 is 0 Å². The van der Waals surface area contributed by atoms with Gasteiger partial charge in [0.2, 0.25) is 5.91 Å². The summed E-state index contributed by atoms with van der Waals surface area (Å²) < 4.78 is 0. The molecule has 0 aliphatic rings. The Balaban J connectivity index is 2.13. The molecule has 102 valence electrons. The van der Waals surface area contributed by atoms with Crippen molar-refractivity contribution >= 4 is 29.0 Å². The van der Waals surface area contributed by atoms with Crippen LogP contribution in [0.4, 0.5) is 11.5 Å². The number of nitro groups is 1. The van der Waals surface area contributed by atoms with Crippen LogP contribution in [0.15, 0.2) is 42.6 Å². The number of pyridine rings is 1. The summed E-state index contributed by atoms with van der Waals surface area (Å²) in [7, 11) is 0. The van der Waals surface area contributed by atoms with Gasteiger partial charge in [-0.25, -0.2) is 4.98 Å². The average molecular weight is 292 g/mol. The Morgan fingerprint density at radius 1 is 1.30 bits per heavy atom. The first-order chi connectivity index (χ1) is 9.58. The molecule has 0 aliphatic carbocycles. The number of hydrogen-bond donors (Lipinski definition) is 1.